The van der Waals surface area contributed by atoms with E-state index in [0.717, 1.165) is 46.3 Å². The second-order valence-electron chi connectivity index (χ2n) is 10.4. The van der Waals surface area contributed by atoms with E-state index in [4.69, 9.17) is 26.4 Å². The van der Waals surface area contributed by atoms with Gasteiger partial charge in [0.25, 0.3) is 4.84 Å². The summed E-state index contributed by atoms with van der Waals surface area (Å²) >= 11 is 5.18. The average molecular weight is 494 g/mol. The Kier molecular flexibility index (Phi) is 5.49. The summed E-state index contributed by atoms with van der Waals surface area (Å²) in [5.74, 6) is 1.29. The number of aromatic amines is 1. The Labute approximate surface area is 215 Å². The third kappa shape index (κ3) is 4.11. The minimum absolute atomic E-state index is 0.170. The standard InChI is InChI=1S/C30H27N3O2S/c1-29(2)18-30(19-29,21-9-4-3-5-10-21)25-16-23(14-15-24(25)27-32-33-28(36)35-27)34-17-22-13-12-20-8-6-7-11-26(20)31-22/h3-16H,17-19H2,1-2H3,(H,33,36). The number of fused-ring (bicyclic) bond motifs is 1. The summed E-state index contributed by atoms with van der Waals surface area (Å²) < 4.78 is 12.1. The van der Waals surface area contributed by atoms with Crippen LogP contribution in [-0.2, 0) is 12.0 Å². The minimum atomic E-state index is -0.170. The predicted molar refractivity (Wildman–Crippen MR) is 143 cm³/mol. The Bertz CT molecular complexity index is 1600. The van der Waals surface area contributed by atoms with Gasteiger partial charge in [-0.05, 0) is 71.9 Å². The number of hydrogen-bond donors (Lipinski definition) is 1. The van der Waals surface area contributed by atoms with E-state index in [1.807, 2.05) is 36.4 Å². The van der Waals surface area contributed by atoms with Gasteiger partial charge in [-0.3, -0.25) is 0 Å². The monoisotopic (exact) mass is 493 g/mol. The fourth-order valence-electron chi connectivity index (χ4n) is 5.78. The van der Waals surface area contributed by atoms with Gasteiger partial charge in [0, 0.05) is 16.4 Å². The van der Waals surface area contributed by atoms with Crippen LogP contribution in [0.4, 0.5) is 0 Å². The van der Waals surface area contributed by atoms with E-state index in [2.05, 4.69) is 72.6 Å². The van der Waals surface area contributed by atoms with E-state index < -0.39 is 0 Å². The third-order valence-electron chi connectivity index (χ3n) is 7.10. The molecule has 3 aromatic carbocycles. The fraction of sp³-hybridized carbons (Fsp3) is 0.233. The molecule has 6 rings (SSSR count). The second-order valence-corrected chi connectivity index (χ2v) is 10.7. The van der Waals surface area contributed by atoms with E-state index in [1.165, 1.54) is 5.56 Å². The summed E-state index contributed by atoms with van der Waals surface area (Å²) in [5, 5.41) is 8.25. The van der Waals surface area contributed by atoms with Crippen LogP contribution in [0, 0.1) is 10.3 Å². The number of aromatic nitrogens is 3. The molecule has 0 unspecified atom stereocenters. The van der Waals surface area contributed by atoms with Crippen molar-refractivity contribution in [1.82, 2.24) is 15.2 Å². The van der Waals surface area contributed by atoms with Crippen molar-refractivity contribution in [3.8, 4) is 17.2 Å². The van der Waals surface area contributed by atoms with Crippen molar-refractivity contribution >= 4 is 23.1 Å². The molecule has 0 atom stereocenters. The molecule has 1 saturated carbocycles. The predicted octanol–water partition coefficient (Wildman–Crippen LogP) is 7.63. The molecular formula is C30H27N3O2S. The molecule has 0 amide bonds. The number of ether oxygens (including phenoxy) is 1. The molecule has 0 bridgehead atoms. The second kappa shape index (κ2) is 8.71. The molecule has 5 nitrogen and oxygen atoms in total. The van der Waals surface area contributed by atoms with Crippen LogP contribution in [-0.4, -0.2) is 15.2 Å². The number of H-pyrrole nitrogens is 1. The van der Waals surface area contributed by atoms with Crippen LogP contribution in [0.25, 0.3) is 22.4 Å². The number of benzene rings is 3. The van der Waals surface area contributed by atoms with Crippen molar-refractivity contribution in [1.29, 1.82) is 0 Å². The van der Waals surface area contributed by atoms with E-state index in [-0.39, 0.29) is 15.7 Å². The average Bonchev–Trinajstić information content (AvgIpc) is 3.32. The molecule has 36 heavy (non-hydrogen) atoms. The number of para-hydroxylation sites is 1. The molecule has 180 valence electrons. The smallest absolute Gasteiger partial charge is 0.284 e. The number of rotatable bonds is 6. The molecular weight excluding hydrogens is 466 g/mol. The third-order valence-corrected chi connectivity index (χ3v) is 7.28. The van der Waals surface area contributed by atoms with Crippen molar-refractivity contribution in [3.63, 3.8) is 0 Å². The summed E-state index contributed by atoms with van der Waals surface area (Å²) in [7, 11) is 0. The van der Waals surface area contributed by atoms with E-state index in [0.29, 0.717) is 12.5 Å². The molecule has 1 N–H and O–H groups in total. The zero-order valence-electron chi connectivity index (χ0n) is 20.3. The van der Waals surface area contributed by atoms with Crippen LogP contribution in [0.15, 0.2) is 89.3 Å². The molecule has 2 aromatic heterocycles. The molecule has 0 spiro atoms. The molecule has 0 radical (unpaired) electrons. The quantitative estimate of drug-likeness (QED) is 0.246. The first-order chi connectivity index (χ1) is 17.4. The van der Waals surface area contributed by atoms with Crippen LogP contribution in [0.5, 0.6) is 5.75 Å². The largest absolute Gasteiger partial charge is 0.487 e. The van der Waals surface area contributed by atoms with Gasteiger partial charge >= 0.3 is 0 Å². The summed E-state index contributed by atoms with van der Waals surface area (Å²) in [6.45, 7) is 5.02. The highest BCUT2D eigenvalue weighted by Gasteiger charge is 2.52. The van der Waals surface area contributed by atoms with E-state index in [1.54, 1.807) is 0 Å². The Morgan fingerprint density at radius 2 is 1.72 bits per heavy atom. The van der Waals surface area contributed by atoms with Gasteiger partial charge in [0.05, 0.1) is 11.2 Å². The molecule has 6 heteroatoms. The van der Waals surface area contributed by atoms with Gasteiger partial charge in [-0.2, -0.15) is 0 Å². The summed E-state index contributed by atoms with van der Waals surface area (Å²) in [5.41, 5.74) is 5.27. The highest BCUT2D eigenvalue weighted by atomic mass is 32.1. The van der Waals surface area contributed by atoms with Crippen molar-refractivity contribution in [2.75, 3.05) is 0 Å². The molecule has 1 fully saturated rings. The number of hydrogen-bond acceptors (Lipinski definition) is 5. The van der Waals surface area contributed by atoms with Gasteiger partial charge in [0.15, 0.2) is 0 Å². The first-order valence-electron chi connectivity index (χ1n) is 12.2. The van der Waals surface area contributed by atoms with Crippen molar-refractivity contribution < 1.29 is 9.15 Å². The maximum Gasteiger partial charge on any atom is 0.284 e. The molecule has 5 aromatic rings. The molecule has 1 aliphatic rings. The Hall–Kier alpha value is -3.77. The van der Waals surface area contributed by atoms with Crippen LogP contribution in [0.3, 0.4) is 0 Å². The molecule has 0 aliphatic heterocycles. The number of nitrogens with one attached hydrogen (secondary N) is 1. The van der Waals surface area contributed by atoms with E-state index >= 15 is 0 Å². The maximum absolute atomic E-state index is 6.29. The number of pyridine rings is 1. The van der Waals surface area contributed by atoms with Crippen LogP contribution < -0.4 is 4.74 Å². The summed E-state index contributed by atoms with van der Waals surface area (Å²) in [6, 6.07) is 29.1. The van der Waals surface area contributed by atoms with Gasteiger partial charge < -0.3 is 9.15 Å². The lowest BCUT2D eigenvalue weighted by Crippen LogP contribution is -2.47. The normalized spacial score (nSPS) is 15.9. The Morgan fingerprint density at radius 3 is 2.47 bits per heavy atom. The van der Waals surface area contributed by atoms with Crippen molar-refractivity contribution in [3.05, 3.63) is 107 Å². The topological polar surface area (TPSA) is 63.9 Å². The van der Waals surface area contributed by atoms with Crippen molar-refractivity contribution in [2.24, 2.45) is 5.41 Å². The minimum Gasteiger partial charge on any atom is -0.487 e. The lowest BCUT2D eigenvalue weighted by molar-refractivity contribution is 0.0882. The fourth-order valence-corrected chi connectivity index (χ4v) is 5.90. The Morgan fingerprint density at radius 1 is 0.944 bits per heavy atom. The lowest BCUT2D eigenvalue weighted by Gasteiger charge is -2.54. The van der Waals surface area contributed by atoms with Crippen molar-refractivity contribution in [2.45, 2.75) is 38.7 Å². The highest BCUT2D eigenvalue weighted by Crippen LogP contribution is 2.60. The van der Waals surface area contributed by atoms with E-state index in [9.17, 15) is 0 Å². The van der Waals surface area contributed by atoms with Gasteiger partial charge in [0.2, 0.25) is 5.89 Å². The summed E-state index contributed by atoms with van der Waals surface area (Å²) in [6.07, 6.45) is 2.02. The SMILES string of the molecule is CC1(C)CC(c2ccccc2)(c2cc(OCc3ccc4ccccc4n3)ccc2-c2n[nH]c(=S)o2)C1. The maximum atomic E-state index is 6.29. The van der Waals surface area contributed by atoms with Crippen LogP contribution in [0.2, 0.25) is 0 Å². The van der Waals surface area contributed by atoms with Crippen LogP contribution in [0.1, 0.15) is 43.5 Å². The summed E-state index contributed by atoms with van der Waals surface area (Å²) in [4.78, 5) is 5.02. The number of nitrogens with zero attached hydrogens (tertiary/aromatic N) is 2. The zero-order valence-corrected chi connectivity index (χ0v) is 21.1. The molecule has 0 saturated heterocycles. The van der Waals surface area contributed by atoms with Gasteiger partial charge in [-0.15, -0.1) is 5.10 Å². The van der Waals surface area contributed by atoms with Gasteiger partial charge in [-0.1, -0.05) is 68.4 Å². The molecule has 1 aliphatic carbocycles. The first-order valence-corrected chi connectivity index (χ1v) is 12.6. The lowest BCUT2D eigenvalue weighted by atomic mass is 9.49. The first kappa shape index (κ1) is 22.7. The highest BCUT2D eigenvalue weighted by molar-refractivity contribution is 7.71. The van der Waals surface area contributed by atoms with Gasteiger partial charge in [0.1, 0.15) is 12.4 Å². The van der Waals surface area contributed by atoms with Crippen LogP contribution >= 0.6 is 12.2 Å². The molecule has 2 heterocycles. The zero-order chi connectivity index (χ0) is 24.8. The Balaban J connectivity index is 1.40. The van der Waals surface area contributed by atoms with Gasteiger partial charge in [-0.25, -0.2) is 10.1 Å².